The Bertz CT molecular complexity index is 663. The Morgan fingerprint density at radius 2 is 1.89 bits per heavy atom. The topological polar surface area (TPSA) is 56.5 Å². The van der Waals surface area contributed by atoms with Crippen molar-refractivity contribution in [2.45, 2.75) is 6.54 Å². The van der Waals surface area contributed by atoms with Crippen LogP contribution in [0.2, 0.25) is 5.28 Å². The van der Waals surface area contributed by atoms with Crippen molar-refractivity contribution in [3.8, 4) is 11.3 Å². The molecule has 0 atom stereocenters. The van der Waals surface area contributed by atoms with E-state index in [1.807, 2.05) is 29.1 Å². The highest BCUT2D eigenvalue weighted by Crippen LogP contribution is 2.15. The van der Waals surface area contributed by atoms with Crippen LogP contribution in [0.4, 0.5) is 0 Å². The molecular formula is C13H10ClN5. The highest BCUT2D eigenvalue weighted by Gasteiger charge is 2.05. The van der Waals surface area contributed by atoms with Gasteiger partial charge in [-0.2, -0.15) is 5.10 Å². The zero-order valence-corrected chi connectivity index (χ0v) is 10.7. The molecule has 0 unspecified atom stereocenters. The smallest absolute Gasteiger partial charge is 0.242 e. The highest BCUT2D eigenvalue weighted by atomic mass is 35.5. The van der Waals surface area contributed by atoms with Crippen molar-refractivity contribution in [3.05, 3.63) is 59.8 Å². The van der Waals surface area contributed by atoms with Crippen molar-refractivity contribution < 1.29 is 0 Å². The van der Waals surface area contributed by atoms with Gasteiger partial charge in [-0.15, -0.1) is 10.2 Å². The fourth-order valence-corrected chi connectivity index (χ4v) is 1.83. The van der Waals surface area contributed by atoms with Gasteiger partial charge in [0.15, 0.2) is 0 Å². The third-order valence-corrected chi connectivity index (χ3v) is 2.82. The molecule has 0 saturated heterocycles. The normalized spacial score (nSPS) is 10.6. The molecule has 3 rings (SSSR count). The van der Waals surface area contributed by atoms with Gasteiger partial charge < -0.3 is 0 Å². The van der Waals surface area contributed by atoms with Crippen LogP contribution in [0.15, 0.2) is 48.9 Å². The van der Waals surface area contributed by atoms with Crippen molar-refractivity contribution >= 4 is 11.6 Å². The van der Waals surface area contributed by atoms with Gasteiger partial charge in [-0.05, 0) is 17.2 Å². The Balaban J connectivity index is 1.82. The predicted molar refractivity (Wildman–Crippen MR) is 71.6 cm³/mol. The summed E-state index contributed by atoms with van der Waals surface area (Å²) in [4.78, 5) is 3.90. The molecule has 5 nitrogen and oxygen atoms in total. The van der Waals surface area contributed by atoms with Gasteiger partial charge in [0, 0.05) is 11.8 Å². The SMILES string of the molecule is Clc1ncc(-c2cnn(Cc3ccccc3)c2)nn1. The number of aromatic nitrogens is 5. The van der Waals surface area contributed by atoms with Gasteiger partial charge in [-0.25, -0.2) is 4.98 Å². The summed E-state index contributed by atoms with van der Waals surface area (Å²) in [6, 6.07) is 10.1. The van der Waals surface area contributed by atoms with Gasteiger partial charge in [0.25, 0.3) is 0 Å². The molecule has 0 spiro atoms. The van der Waals surface area contributed by atoms with Gasteiger partial charge >= 0.3 is 0 Å². The minimum Gasteiger partial charge on any atom is -0.268 e. The maximum atomic E-state index is 5.61. The molecule has 0 aliphatic carbocycles. The van der Waals surface area contributed by atoms with Crippen LogP contribution in [0, 0.1) is 0 Å². The standard InChI is InChI=1S/C13H10ClN5/c14-13-15-7-12(17-18-13)11-6-16-19(9-11)8-10-4-2-1-3-5-10/h1-7,9H,8H2. The molecule has 19 heavy (non-hydrogen) atoms. The quantitative estimate of drug-likeness (QED) is 0.734. The monoisotopic (exact) mass is 271 g/mol. The first-order valence-corrected chi connectivity index (χ1v) is 6.11. The van der Waals surface area contributed by atoms with Crippen LogP contribution in [-0.2, 0) is 6.54 Å². The van der Waals surface area contributed by atoms with E-state index >= 15 is 0 Å². The van der Waals surface area contributed by atoms with Crippen molar-refractivity contribution in [3.63, 3.8) is 0 Å². The van der Waals surface area contributed by atoms with E-state index < -0.39 is 0 Å². The second-order valence-corrected chi connectivity index (χ2v) is 4.36. The first-order chi connectivity index (χ1) is 9.31. The first-order valence-electron chi connectivity index (χ1n) is 5.73. The Morgan fingerprint density at radius 3 is 2.63 bits per heavy atom. The van der Waals surface area contributed by atoms with Gasteiger partial charge in [0.05, 0.1) is 18.9 Å². The van der Waals surface area contributed by atoms with Crippen LogP contribution in [-0.4, -0.2) is 25.0 Å². The van der Waals surface area contributed by atoms with Crippen LogP contribution >= 0.6 is 11.6 Å². The second-order valence-electron chi connectivity index (χ2n) is 4.02. The molecule has 0 saturated carbocycles. The minimum absolute atomic E-state index is 0.139. The van der Waals surface area contributed by atoms with Crippen LogP contribution in [0.3, 0.4) is 0 Å². The molecule has 0 aliphatic heterocycles. The van der Waals surface area contributed by atoms with Crippen LogP contribution < -0.4 is 0 Å². The van der Waals surface area contributed by atoms with Gasteiger partial charge in [0.1, 0.15) is 5.69 Å². The minimum atomic E-state index is 0.139. The third kappa shape index (κ3) is 2.77. The van der Waals surface area contributed by atoms with Crippen LogP contribution in [0.5, 0.6) is 0 Å². The van der Waals surface area contributed by atoms with E-state index in [2.05, 4.69) is 32.4 Å². The molecule has 3 aromatic rings. The molecule has 94 valence electrons. The van der Waals surface area contributed by atoms with E-state index in [1.54, 1.807) is 12.4 Å². The summed E-state index contributed by atoms with van der Waals surface area (Å²) < 4.78 is 1.85. The van der Waals surface area contributed by atoms with Crippen molar-refractivity contribution in [2.24, 2.45) is 0 Å². The molecule has 0 amide bonds. The maximum absolute atomic E-state index is 5.61. The van der Waals surface area contributed by atoms with Crippen LogP contribution in [0.1, 0.15) is 5.56 Å². The fourth-order valence-electron chi connectivity index (χ4n) is 1.75. The molecule has 6 heteroatoms. The summed E-state index contributed by atoms with van der Waals surface area (Å²) in [5.41, 5.74) is 2.72. The lowest BCUT2D eigenvalue weighted by Gasteiger charge is -2.00. The Labute approximate surface area is 114 Å². The van der Waals surface area contributed by atoms with Gasteiger partial charge in [-0.1, -0.05) is 30.3 Å². The first kappa shape index (κ1) is 11.8. The average molecular weight is 272 g/mol. The molecule has 0 bridgehead atoms. The molecular weight excluding hydrogens is 262 g/mol. The molecule has 2 heterocycles. The molecule has 1 aromatic carbocycles. The molecule has 2 aromatic heterocycles. The van der Waals surface area contributed by atoms with E-state index in [0.717, 1.165) is 12.1 Å². The summed E-state index contributed by atoms with van der Waals surface area (Å²) >= 11 is 5.61. The lowest BCUT2D eigenvalue weighted by Crippen LogP contribution is -1.99. The van der Waals surface area contributed by atoms with E-state index in [4.69, 9.17) is 11.6 Å². The van der Waals surface area contributed by atoms with E-state index in [0.29, 0.717) is 5.69 Å². The number of hydrogen-bond acceptors (Lipinski definition) is 4. The Kier molecular flexibility index (Phi) is 3.20. The average Bonchev–Trinajstić information content (AvgIpc) is 2.89. The number of hydrogen-bond donors (Lipinski definition) is 0. The van der Waals surface area contributed by atoms with E-state index in [9.17, 15) is 0 Å². The molecule has 0 fully saturated rings. The summed E-state index contributed by atoms with van der Waals surface area (Å²) in [6.45, 7) is 0.718. The van der Waals surface area contributed by atoms with Gasteiger partial charge in [-0.3, -0.25) is 4.68 Å². The van der Waals surface area contributed by atoms with Crippen LogP contribution in [0.25, 0.3) is 11.3 Å². The summed E-state index contributed by atoms with van der Waals surface area (Å²) in [5, 5.41) is 12.1. The summed E-state index contributed by atoms with van der Waals surface area (Å²) in [7, 11) is 0. The maximum Gasteiger partial charge on any atom is 0.242 e. The number of halogens is 1. The second kappa shape index (κ2) is 5.16. The molecule has 0 N–H and O–H groups in total. The van der Waals surface area contributed by atoms with Crippen molar-refractivity contribution in [1.82, 2.24) is 25.0 Å². The summed E-state index contributed by atoms with van der Waals surface area (Å²) in [5.74, 6) is 0. The number of nitrogens with zero attached hydrogens (tertiary/aromatic N) is 5. The van der Waals surface area contributed by atoms with Crippen molar-refractivity contribution in [1.29, 1.82) is 0 Å². The Hall–Kier alpha value is -2.27. The molecule has 0 radical (unpaired) electrons. The predicted octanol–water partition coefficient (Wildman–Crippen LogP) is 2.44. The van der Waals surface area contributed by atoms with Gasteiger partial charge in [0.2, 0.25) is 5.28 Å². The van der Waals surface area contributed by atoms with E-state index in [-0.39, 0.29) is 5.28 Å². The molecule has 0 aliphatic rings. The zero-order chi connectivity index (χ0) is 13.1. The zero-order valence-electron chi connectivity index (χ0n) is 9.94. The number of rotatable bonds is 3. The Morgan fingerprint density at radius 1 is 1.05 bits per heavy atom. The third-order valence-electron chi connectivity index (χ3n) is 2.65. The lowest BCUT2D eigenvalue weighted by atomic mass is 10.2. The largest absolute Gasteiger partial charge is 0.268 e. The summed E-state index contributed by atoms with van der Waals surface area (Å²) in [6.07, 6.45) is 5.23. The van der Waals surface area contributed by atoms with Crippen molar-refractivity contribution in [2.75, 3.05) is 0 Å². The lowest BCUT2D eigenvalue weighted by molar-refractivity contribution is 0.687. The highest BCUT2D eigenvalue weighted by molar-refractivity contribution is 6.28. The van der Waals surface area contributed by atoms with E-state index in [1.165, 1.54) is 5.56 Å². The number of benzene rings is 1. The fraction of sp³-hybridized carbons (Fsp3) is 0.0769.